The van der Waals surface area contributed by atoms with Crippen molar-refractivity contribution < 1.29 is 24.2 Å². The number of benzene rings is 2. The highest BCUT2D eigenvalue weighted by molar-refractivity contribution is 8.00. The first-order chi connectivity index (χ1) is 14.8. The SMILES string of the molecule is Cc1ccc(Oc2ccc(Cl)cc2OCC2=C(C(=O)O)N3C(=O)C(N)C3SC2)c(Cl)c1. The van der Waals surface area contributed by atoms with E-state index in [1.54, 1.807) is 30.3 Å². The molecule has 0 spiro atoms. The summed E-state index contributed by atoms with van der Waals surface area (Å²) in [5.74, 6) is -0.0899. The number of carboxylic acid groups (broad SMARTS) is 1. The van der Waals surface area contributed by atoms with E-state index in [1.165, 1.54) is 16.7 Å². The second-order valence-corrected chi connectivity index (χ2v) is 9.06. The van der Waals surface area contributed by atoms with E-state index < -0.39 is 17.9 Å². The van der Waals surface area contributed by atoms with Crippen LogP contribution in [0.5, 0.6) is 17.2 Å². The predicted molar refractivity (Wildman–Crippen MR) is 119 cm³/mol. The van der Waals surface area contributed by atoms with Gasteiger partial charge in [-0.25, -0.2) is 4.79 Å². The van der Waals surface area contributed by atoms with Crippen molar-refractivity contribution in [3.8, 4) is 17.2 Å². The number of nitrogens with two attached hydrogens (primary N) is 1. The van der Waals surface area contributed by atoms with Gasteiger partial charge in [-0.3, -0.25) is 9.69 Å². The predicted octanol–water partition coefficient (Wildman–Crippen LogP) is 4.05. The minimum Gasteiger partial charge on any atom is -0.485 e. The zero-order chi connectivity index (χ0) is 22.3. The summed E-state index contributed by atoms with van der Waals surface area (Å²) in [7, 11) is 0. The van der Waals surface area contributed by atoms with Gasteiger partial charge in [-0.2, -0.15) is 0 Å². The number of ether oxygens (including phenoxy) is 2. The summed E-state index contributed by atoms with van der Waals surface area (Å²) in [5.41, 5.74) is 7.16. The molecule has 3 N–H and O–H groups in total. The molecule has 2 aromatic rings. The van der Waals surface area contributed by atoms with Gasteiger partial charge in [-0.1, -0.05) is 29.3 Å². The molecule has 1 amide bonds. The first kappa shape index (κ1) is 21.8. The number of carbonyl (C=O) groups is 2. The molecule has 4 rings (SSSR count). The lowest BCUT2D eigenvalue weighted by molar-refractivity contribution is -0.148. The Bertz CT molecular complexity index is 1110. The molecule has 0 radical (unpaired) electrons. The number of aliphatic carboxylic acids is 1. The van der Waals surface area contributed by atoms with Gasteiger partial charge in [-0.05, 0) is 36.8 Å². The number of rotatable bonds is 6. The van der Waals surface area contributed by atoms with Gasteiger partial charge >= 0.3 is 5.97 Å². The fraction of sp³-hybridized carbons (Fsp3) is 0.238. The summed E-state index contributed by atoms with van der Waals surface area (Å²) >= 11 is 13.8. The second kappa shape index (κ2) is 8.63. The van der Waals surface area contributed by atoms with Crippen LogP contribution < -0.4 is 15.2 Å². The van der Waals surface area contributed by atoms with Gasteiger partial charge in [0.05, 0.1) is 5.02 Å². The summed E-state index contributed by atoms with van der Waals surface area (Å²) in [5, 5.41) is 10.2. The van der Waals surface area contributed by atoms with Crippen LogP contribution in [-0.4, -0.2) is 45.7 Å². The van der Waals surface area contributed by atoms with Crippen LogP contribution >= 0.6 is 35.0 Å². The Balaban J connectivity index is 1.59. The van der Waals surface area contributed by atoms with Crippen molar-refractivity contribution in [3.63, 3.8) is 0 Å². The summed E-state index contributed by atoms with van der Waals surface area (Å²) in [6.07, 6.45) is 0. The number of nitrogens with zero attached hydrogens (tertiary/aromatic N) is 1. The Morgan fingerprint density at radius 3 is 2.68 bits per heavy atom. The highest BCUT2D eigenvalue weighted by Crippen LogP contribution is 2.41. The zero-order valence-electron chi connectivity index (χ0n) is 16.3. The topological polar surface area (TPSA) is 102 Å². The van der Waals surface area contributed by atoms with Crippen LogP contribution in [0.25, 0.3) is 0 Å². The van der Waals surface area contributed by atoms with Gasteiger partial charge in [0.2, 0.25) is 5.91 Å². The maximum Gasteiger partial charge on any atom is 0.352 e. The van der Waals surface area contributed by atoms with E-state index in [1.807, 2.05) is 13.0 Å². The summed E-state index contributed by atoms with van der Waals surface area (Å²) in [6, 6.07) is 9.57. The molecule has 0 aromatic heterocycles. The van der Waals surface area contributed by atoms with Crippen molar-refractivity contribution in [2.75, 3.05) is 12.4 Å². The highest BCUT2D eigenvalue weighted by Gasteiger charge is 2.51. The molecule has 2 aromatic carbocycles. The van der Waals surface area contributed by atoms with Gasteiger partial charge in [0.15, 0.2) is 11.5 Å². The highest BCUT2D eigenvalue weighted by atomic mass is 35.5. The number of aryl methyl sites for hydroxylation is 1. The Morgan fingerprint density at radius 1 is 1.23 bits per heavy atom. The Kier molecular flexibility index (Phi) is 6.07. The molecule has 1 saturated heterocycles. The maximum atomic E-state index is 12.1. The molecule has 2 aliphatic rings. The van der Waals surface area contributed by atoms with Crippen LogP contribution in [0.4, 0.5) is 0 Å². The third-order valence-electron chi connectivity index (χ3n) is 4.91. The van der Waals surface area contributed by atoms with Gasteiger partial charge in [0.25, 0.3) is 0 Å². The molecule has 31 heavy (non-hydrogen) atoms. The molecule has 0 aliphatic carbocycles. The number of carboxylic acids is 1. The van der Waals surface area contributed by atoms with Crippen molar-refractivity contribution in [1.29, 1.82) is 0 Å². The van der Waals surface area contributed by atoms with Gasteiger partial charge < -0.3 is 20.3 Å². The summed E-state index contributed by atoms with van der Waals surface area (Å²) < 4.78 is 11.8. The minimum atomic E-state index is -1.20. The zero-order valence-corrected chi connectivity index (χ0v) is 18.6. The lowest BCUT2D eigenvalue weighted by Crippen LogP contribution is -2.68. The van der Waals surface area contributed by atoms with Crippen LogP contribution in [0.1, 0.15) is 5.56 Å². The first-order valence-electron chi connectivity index (χ1n) is 9.28. The Morgan fingerprint density at radius 2 is 1.97 bits per heavy atom. The van der Waals surface area contributed by atoms with Crippen molar-refractivity contribution in [3.05, 3.63) is 63.3 Å². The molecular weight excluding hydrogens is 463 g/mol. The molecule has 7 nitrogen and oxygen atoms in total. The molecule has 2 unspecified atom stereocenters. The third-order valence-corrected chi connectivity index (χ3v) is 6.80. The lowest BCUT2D eigenvalue weighted by atomic mass is 10.0. The number of amides is 1. The van der Waals surface area contributed by atoms with E-state index in [2.05, 4.69) is 0 Å². The van der Waals surface area contributed by atoms with Crippen molar-refractivity contribution in [2.24, 2.45) is 5.73 Å². The normalized spacial score (nSPS) is 20.3. The average molecular weight is 481 g/mol. The molecule has 10 heteroatoms. The van der Waals surface area contributed by atoms with Crippen molar-refractivity contribution in [1.82, 2.24) is 4.90 Å². The number of halogens is 2. The van der Waals surface area contributed by atoms with Crippen molar-refractivity contribution >= 4 is 46.8 Å². The number of hydrogen-bond acceptors (Lipinski definition) is 6. The van der Waals surface area contributed by atoms with Gasteiger partial charge in [-0.15, -0.1) is 11.8 Å². The van der Waals surface area contributed by atoms with Gasteiger partial charge in [0.1, 0.15) is 29.5 Å². The number of β-lactam (4-membered cyclic amide) rings is 1. The molecule has 162 valence electrons. The number of fused-ring (bicyclic) bond motifs is 1. The van der Waals surface area contributed by atoms with E-state index in [0.29, 0.717) is 38.6 Å². The smallest absolute Gasteiger partial charge is 0.352 e. The monoisotopic (exact) mass is 480 g/mol. The van der Waals surface area contributed by atoms with Crippen LogP contribution in [0.15, 0.2) is 47.7 Å². The van der Waals surface area contributed by atoms with E-state index in [4.69, 9.17) is 38.4 Å². The minimum absolute atomic E-state index is 0.0568. The maximum absolute atomic E-state index is 12.1. The van der Waals surface area contributed by atoms with Crippen LogP contribution in [0, 0.1) is 6.92 Å². The molecule has 0 bridgehead atoms. The molecule has 2 aliphatic heterocycles. The van der Waals surface area contributed by atoms with E-state index >= 15 is 0 Å². The largest absolute Gasteiger partial charge is 0.485 e. The third kappa shape index (κ3) is 4.21. The second-order valence-electron chi connectivity index (χ2n) is 7.11. The average Bonchev–Trinajstić information content (AvgIpc) is 2.74. The number of carbonyl (C=O) groups excluding carboxylic acids is 1. The molecule has 0 saturated carbocycles. The number of thioether (sulfide) groups is 1. The Hall–Kier alpha value is -2.39. The quantitative estimate of drug-likeness (QED) is 0.600. The first-order valence-corrected chi connectivity index (χ1v) is 11.1. The fourth-order valence-corrected chi connectivity index (χ4v) is 5.05. The number of hydrogen-bond donors (Lipinski definition) is 2. The Labute approximate surface area is 192 Å². The summed E-state index contributed by atoms with van der Waals surface area (Å²) in [4.78, 5) is 25.1. The molecular formula is C21H18Cl2N2O5S. The summed E-state index contributed by atoms with van der Waals surface area (Å²) in [6.45, 7) is 1.86. The fourth-order valence-electron chi connectivity index (χ4n) is 3.34. The van der Waals surface area contributed by atoms with Crippen LogP contribution in [0.2, 0.25) is 10.0 Å². The van der Waals surface area contributed by atoms with Crippen LogP contribution in [-0.2, 0) is 9.59 Å². The van der Waals surface area contributed by atoms with Crippen LogP contribution in [0.3, 0.4) is 0 Å². The standard InChI is InChI=1S/C21H18Cl2N2O5S/c1-10-2-4-14(13(23)6-10)30-15-5-3-12(22)7-16(15)29-8-11-9-31-20-17(24)19(26)25(20)18(11)21(27)28/h2-7,17,20H,8-9,24H2,1H3,(H,27,28). The van der Waals surface area contributed by atoms with E-state index in [9.17, 15) is 14.7 Å². The van der Waals surface area contributed by atoms with E-state index in [-0.39, 0.29) is 17.7 Å². The molecule has 1 fully saturated rings. The van der Waals surface area contributed by atoms with E-state index in [0.717, 1.165) is 5.56 Å². The molecule has 2 atom stereocenters. The van der Waals surface area contributed by atoms with Gasteiger partial charge in [0, 0.05) is 22.4 Å². The molecule has 2 heterocycles. The lowest BCUT2D eigenvalue weighted by Gasteiger charge is -2.47. The van der Waals surface area contributed by atoms with Crippen molar-refractivity contribution in [2.45, 2.75) is 18.3 Å².